The number of fused-ring (bicyclic) bond motifs is 2. The van der Waals surface area contributed by atoms with Gasteiger partial charge in [-0.25, -0.2) is 0 Å². The topological polar surface area (TPSA) is 55.8 Å². The van der Waals surface area contributed by atoms with Gasteiger partial charge in [0.25, 0.3) is 0 Å². The van der Waals surface area contributed by atoms with E-state index in [2.05, 4.69) is 32.0 Å². The summed E-state index contributed by atoms with van der Waals surface area (Å²) in [7, 11) is 0. The summed E-state index contributed by atoms with van der Waals surface area (Å²) in [6, 6.07) is 12.3. The average molecular weight is 352 g/mol. The van der Waals surface area contributed by atoms with E-state index in [0.717, 1.165) is 29.9 Å². The molecule has 2 atom stereocenters. The predicted molar refractivity (Wildman–Crippen MR) is 99.2 cm³/mol. The molecule has 0 radical (unpaired) electrons. The highest BCUT2D eigenvalue weighted by Crippen LogP contribution is 2.42. The van der Waals surface area contributed by atoms with Crippen LogP contribution in [0.4, 0.5) is 0 Å². The van der Waals surface area contributed by atoms with Crippen molar-refractivity contribution < 1.29 is 19.4 Å². The second-order valence-corrected chi connectivity index (χ2v) is 7.52. The molecule has 2 aromatic rings. The van der Waals surface area contributed by atoms with Crippen LogP contribution in [-0.4, -0.2) is 17.7 Å². The maximum absolute atomic E-state index is 11.0. The fourth-order valence-corrected chi connectivity index (χ4v) is 4.18. The third kappa shape index (κ3) is 3.05. The van der Waals surface area contributed by atoms with Gasteiger partial charge in [0, 0.05) is 17.5 Å². The van der Waals surface area contributed by atoms with Gasteiger partial charge in [-0.15, -0.1) is 0 Å². The fraction of sp³-hybridized carbons (Fsp3) is 0.409. The molecule has 0 fully saturated rings. The van der Waals surface area contributed by atoms with E-state index in [1.54, 1.807) is 0 Å². The van der Waals surface area contributed by atoms with E-state index in [1.165, 1.54) is 16.7 Å². The minimum Gasteiger partial charge on any atom is -0.492 e. The summed E-state index contributed by atoms with van der Waals surface area (Å²) in [5.41, 5.74) is 5.11. The van der Waals surface area contributed by atoms with Gasteiger partial charge in [-0.05, 0) is 41.5 Å². The van der Waals surface area contributed by atoms with E-state index in [1.807, 2.05) is 18.2 Å². The largest absolute Gasteiger partial charge is 0.492 e. The van der Waals surface area contributed by atoms with E-state index in [9.17, 15) is 4.79 Å². The number of hydrogen-bond acceptors (Lipinski definition) is 3. The molecule has 1 unspecified atom stereocenters. The number of aliphatic carboxylic acids is 1. The Morgan fingerprint density at radius 1 is 1.27 bits per heavy atom. The lowest BCUT2D eigenvalue weighted by Gasteiger charge is -2.17. The van der Waals surface area contributed by atoms with E-state index in [4.69, 9.17) is 14.6 Å². The van der Waals surface area contributed by atoms with E-state index in [-0.39, 0.29) is 18.4 Å². The van der Waals surface area contributed by atoms with Crippen LogP contribution in [0, 0.1) is 0 Å². The van der Waals surface area contributed by atoms with Crippen molar-refractivity contribution in [3.63, 3.8) is 0 Å². The van der Waals surface area contributed by atoms with Crippen molar-refractivity contribution >= 4 is 5.97 Å². The van der Waals surface area contributed by atoms with Gasteiger partial charge in [-0.2, -0.15) is 0 Å². The van der Waals surface area contributed by atoms with E-state index < -0.39 is 5.97 Å². The number of hydrogen-bond donors (Lipinski definition) is 1. The third-order valence-corrected chi connectivity index (χ3v) is 5.44. The molecule has 1 aliphatic carbocycles. The zero-order valence-corrected chi connectivity index (χ0v) is 15.2. The Morgan fingerprint density at radius 2 is 2.12 bits per heavy atom. The molecular weight excluding hydrogens is 328 g/mol. The second kappa shape index (κ2) is 6.67. The van der Waals surface area contributed by atoms with E-state index >= 15 is 0 Å². The van der Waals surface area contributed by atoms with Crippen LogP contribution < -0.4 is 9.47 Å². The molecule has 0 aromatic heterocycles. The number of benzene rings is 2. The van der Waals surface area contributed by atoms with E-state index in [0.29, 0.717) is 12.5 Å². The van der Waals surface area contributed by atoms with Gasteiger partial charge in [-0.1, -0.05) is 38.1 Å². The summed E-state index contributed by atoms with van der Waals surface area (Å²) in [5.74, 6) is 1.19. The Hall–Kier alpha value is -2.49. The molecule has 4 heteroatoms. The van der Waals surface area contributed by atoms with Crippen molar-refractivity contribution in [1.29, 1.82) is 0 Å². The summed E-state index contributed by atoms with van der Waals surface area (Å²) >= 11 is 0. The highest BCUT2D eigenvalue weighted by molar-refractivity contribution is 5.68. The summed E-state index contributed by atoms with van der Waals surface area (Å²) < 4.78 is 12.0. The van der Waals surface area contributed by atoms with Crippen molar-refractivity contribution in [2.45, 2.75) is 51.0 Å². The van der Waals surface area contributed by atoms with Crippen LogP contribution in [0.5, 0.6) is 11.5 Å². The van der Waals surface area contributed by atoms with Crippen molar-refractivity contribution in [3.05, 3.63) is 58.7 Å². The molecule has 2 aromatic carbocycles. The Morgan fingerprint density at radius 3 is 2.88 bits per heavy atom. The monoisotopic (exact) mass is 352 g/mol. The molecule has 0 saturated carbocycles. The van der Waals surface area contributed by atoms with Gasteiger partial charge >= 0.3 is 5.97 Å². The van der Waals surface area contributed by atoms with Crippen molar-refractivity contribution in [2.75, 3.05) is 6.61 Å². The standard InChI is InChI=1S/C22H24O4/c1-13(2)16-4-3-5-19-18(16)8-9-20(19)26-15-6-7-17-14(10-22(23)24)12-25-21(17)11-15/h3-7,11,13-14,20H,8-10,12H2,1-2H3,(H,23,24)/t14?,20-/m1/s1. The third-order valence-electron chi connectivity index (χ3n) is 5.44. The number of carbonyl (C=O) groups is 1. The SMILES string of the molecule is CC(C)c1cccc2c1CC[C@H]2Oc1ccc2c(c1)OCC2CC(=O)O. The van der Waals surface area contributed by atoms with Crippen LogP contribution in [0.1, 0.15) is 66.9 Å². The normalized spacial score (nSPS) is 20.6. The molecule has 0 spiro atoms. The van der Waals surface area contributed by atoms with Gasteiger partial charge < -0.3 is 14.6 Å². The highest BCUT2D eigenvalue weighted by Gasteiger charge is 2.29. The second-order valence-electron chi connectivity index (χ2n) is 7.52. The molecule has 136 valence electrons. The molecule has 2 aliphatic rings. The maximum atomic E-state index is 11.0. The van der Waals surface area contributed by atoms with Crippen LogP contribution >= 0.6 is 0 Å². The molecule has 1 aliphatic heterocycles. The minimum absolute atomic E-state index is 0.0676. The fourth-order valence-electron chi connectivity index (χ4n) is 4.18. The number of rotatable bonds is 5. The highest BCUT2D eigenvalue weighted by atomic mass is 16.5. The van der Waals surface area contributed by atoms with Crippen LogP contribution in [0.25, 0.3) is 0 Å². The quantitative estimate of drug-likeness (QED) is 0.837. The maximum Gasteiger partial charge on any atom is 0.304 e. The molecular formula is C22H24O4. The molecule has 1 N–H and O–H groups in total. The number of ether oxygens (including phenoxy) is 2. The smallest absolute Gasteiger partial charge is 0.304 e. The zero-order chi connectivity index (χ0) is 18.3. The minimum atomic E-state index is -0.796. The van der Waals surface area contributed by atoms with Crippen molar-refractivity contribution in [1.82, 2.24) is 0 Å². The zero-order valence-electron chi connectivity index (χ0n) is 15.2. The summed E-state index contributed by atoms with van der Waals surface area (Å²) in [5, 5.41) is 9.02. The average Bonchev–Trinajstić information content (AvgIpc) is 3.19. The summed E-state index contributed by atoms with van der Waals surface area (Å²) in [6.07, 6.45) is 2.20. The molecule has 4 nitrogen and oxygen atoms in total. The molecule has 0 saturated heterocycles. The Labute approximate surface area is 153 Å². The molecule has 1 heterocycles. The summed E-state index contributed by atoms with van der Waals surface area (Å²) in [6.45, 7) is 4.89. The number of carboxylic acids is 1. The Kier molecular flexibility index (Phi) is 4.35. The lowest BCUT2D eigenvalue weighted by Crippen LogP contribution is -2.07. The van der Waals surface area contributed by atoms with Crippen molar-refractivity contribution in [2.24, 2.45) is 0 Å². The molecule has 0 amide bonds. The summed E-state index contributed by atoms with van der Waals surface area (Å²) in [4.78, 5) is 11.0. The first-order chi connectivity index (χ1) is 12.5. The van der Waals surface area contributed by atoms with Gasteiger partial charge in [0.2, 0.25) is 0 Å². The Bertz CT molecular complexity index is 840. The first-order valence-corrected chi connectivity index (χ1v) is 9.29. The van der Waals surface area contributed by atoms with Crippen LogP contribution in [-0.2, 0) is 11.2 Å². The lowest BCUT2D eigenvalue weighted by molar-refractivity contribution is -0.137. The van der Waals surface area contributed by atoms with Crippen LogP contribution in [0.15, 0.2) is 36.4 Å². The van der Waals surface area contributed by atoms with Gasteiger partial charge in [0.05, 0.1) is 13.0 Å². The van der Waals surface area contributed by atoms with Gasteiger partial charge in [0.1, 0.15) is 17.6 Å². The van der Waals surface area contributed by atoms with Crippen LogP contribution in [0.3, 0.4) is 0 Å². The van der Waals surface area contributed by atoms with Gasteiger partial charge in [0.15, 0.2) is 0 Å². The predicted octanol–water partition coefficient (Wildman–Crippen LogP) is 4.83. The molecule has 4 rings (SSSR count). The lowest BCUT2D eigenvalue weighted by atomic mass is 9.94. The first kappa shape index (κ1) is 17.0. The van der Waals surface area contributed by atoms with Crippen LogP contribution in [0.2, 0.25) is 0 Å². The first-order valence-electron chi connectivity index (χ1n) is 9.29. The van der Waals surface area contributed by atoms with Gasteiger partial charge in [-0.3, -0.25) is 4.79 Å². The van der Waals surface area contributed by atoms with Crippen molar-refractivity contribution in [3.8, 4) is 11.5 Å². The Balaban J connectivity index is 1.54. The number of carboxylic acid groups (broad SMARTS) is 1. The molecule has 0 bridgehead atoms. The molecule has 26 heavy (non-hydrogen) atoms.